The van der Waals surface area contributed by atoms with Crippen LogP contribution in [0.3, 0.4) is 0 Å². The van der Waals surface area contributed by atoms with Crippen molar-refractivity contribution in [3.8, 4) is 0 Å². The first-order valence-electron chi connectivity index (χ1n) is 5.68. The number of carboxylic acid groups (broad SMARTS) is 1. The molecule has 0 aliphatic heterocycles. The quantitative estimate of drug-likeness (QED) is 0.598. The standard InChI is InChI=1S/C11H18O4/c12-9-4-6-2-1-3-7(11(14)15)8(6)5-10(9)13/h6-10,12-13H,1-5H2,(H,14,15). The van der Waals surface area contributed by atoms with E-state index in [2.05, 4.69) is 0 Å². The van der Waals surface area contributed by atoms with Gasteiger partial charge in [-0.05, 0) is 31.1 Å². The van der Waals surface area contributed by atoms with E-state index < -0.39 is 18.2 Å². The number of hydrogen-bond donors (Lipinski definition) is 3. The largest absolute Gasteiger partial charge is 0.481 e. The van der Waals surface area contributed by atoms with Crippen molar-refractivity contribution in [2.24, 2.45) is 17.8 Å². The van der Waals surface area contributed by atoms with Crippen molar-refractivity contribution < 1.29 is 20.1 Å². The van der Waals surface area contributed by atoms with Crippen LogP contribution in [-0.4, -0.2) is 33.5 Å². The molecule has 5 unspecified atom stereocenters. The Kier molecular flexibility index (Phi) is 2.98. The summed E-state index contributed by atoms with van der Waals surface area (Å²) < 4.78 is 0. The second-order valence-electron chi connectivity index (χ2n) is 4.91. The fourth-order valence-electron chi connectivity index (χ4n) is 3.22. The maximum atomic E-state index is 11.1. The van der Waals surface area contributed by atoms with E-state index in [1.54, 1.807) is 0 Å². The van der Waals surface area contributed by atoms with Crippen LogP contribution < -0.4 is 0 Å². The van der Waals surface area contributed by atoms with Gasteiger partial charge in [-0.3, -0.25) is 4.79 Å². The van der Waals surface area contributed by atoms with Gasteiger partial charge in [0.25, 0.3) is 0 Å². The normalized spacial score (nSPS) is 45.9. The zero-order valence-electron chi connectivity index (χ0n) is 8.67. The summed E-state index contributed by atoms with van der Waals surface area (Å²) in [5, 5.41) is 28.2. The van der Waals surface area contributed by atoms with Crippen LogP contribution in [0.25, 0.3) is 0 Å². The van der Waals surface area contributed by atoms with Crippen molar-refractivity contribution in [2.75, 3.05) is 0 Å². The summed E-state index contributed by atoms with van der Waals surface area (Å²) in [7, 11) is 0. The highest BCUT2D eigenvalue weighted by molar-refractivity contribution is 5.70. The van der Waals surface area contributed by atoms with E-state index in [-0.39, 0.29) is 11.8 Å². The van der Waals surface area contributed by atoms with Crippen LogP contribution in [0.4, 0.5) is 0 Å². The van der Waals surface area contributed by atoms with E-state index in [0.717, 1.165) is 19.3 Å². The second kappa shape index (κ2) is 4.10. The molecule has 4 nitrogen and oxygen atoms in total. The number of aliphatic carboxylic acids is 1. The van der Waals surface area contributed by atoms with Gasteiger partial charge in [-0.1, -0.05) is 12.8 Å². The minimum absolute atomic E-state index is 0.0645. The highest BCUT2D eigenvalue weighted by Gasteiger charge is 2.43. The molecule has 0 radical (unpaired) electrons. The molecule has 0 saturated heterocycles. The molecule has 2 rings (SSSR count). The van der Waals surface area contributed by atoms with E-state index in [4.69, 9.17) is 5.11 Å². The zero-order valence-corrected chi connectivity index (χ0v) is 8.67. The highest BCUT2D eigenvalue weighted by Crippen LogP contribution is 2.43. The Hall–Kier alpha value is -0.610. The van der Waals surface area contributed by atoms with Crippen LogP contribution in [-0.2, 0) is 4.79 Å². The van der Waals surface area contributed by atoms with Crippen LogP contribution in [0.15, 0.2) is 0 Å². The van der Waals surface area contributed by atoms with E-state index in [1.807, 2.05) is 0 Å². The summed E-state index contributed by atoms with van der Waals surface area (Å²) in [6, 6.07) is 0. The first-order chi connectivity index (χ1) is 7.09. The Labute approximate surface area is 88.9 Å². The lowest BCUT2D eigenvalue weighted by Gasteiger charge is -2.43. The number of carboxylic acids is 1. The first kappa shape index (κ1) is 10.9. The molecule has 0 aromatic heterocycles. The Morgan fingerprint density at radius 3 is 2.40 bits per heavy atom. The summed E-state index contributed by atoms with van der Waals surface area (Å²) in [4.78, 5) is 11.1. The number of hydrogen-bond acceptors (Lipinski definition) is 3. The fourth-order valence-corrected chi connectivity index (χ4v) is 3.22. The summed E-state index contributed by atoms with van der Waals surface area (Å²) in [5.41, 5.74) is 0. The Balaban J connectivity index is 2.10. The summed E-state index contributed by atoms with van der Waals surface area (Å²) in [6.45, 7) is 0. The van der Waals surface area contributed by atoms with Gasteiger partial charge in [0.2, 0.25) is 0 Å². The van der Waals surface area contributed by atoms with Crippen molar-refractivity contribution in [2.45, 2.75) is 44.3 Å². The maximum absolute atomic E-state index is 11.1. The number of carbonyl (C=O) groups is 1. The molecule has 0 amide bonds. The molecule has 2 fully saturated rings. The molecule has 4 heteroatoms. The molecule has 5 atom stereocenters. The third kappa shape index (κ3) is 2.01. The Morgan fingerprint density at radius 2 is 1.73 bits per heavy atom. The van der Waals surface area contributed by atoms with Crippen molar-refractivity contribution in [1.82, 2.24) is 0 Å². The number of aliphatic hydroxyl groups is 2. The van der Waals surface area contributed by atoms with Crippen LogP contribution in [0.2, 0.25) is 0 Å². The minimum atomic E-state index is -0.742. The topological polar surface area (TPSA) is 77.8 Å². The van der Waals surface area contributed by atoms with Crippen molar-refractivity contribution in [1.29, 1.82) is 0 Å². The van der Waals surface area contributed by atoms with E-state index >= 15 is 0 Å². The SMILES string of the molecule is O=C(O)C1CCCC2CC(O)C(O)CC21. The molecular formula is C11H18O4. The smallest absolute Gasteiger partial charge is 0.306 e. The molecule has 2 aliphatic carbocycles. The number of rotatable bonds is 1. The lowest BCUT2D eigenvalue weighted by Crippen LogP contribution is -2.45. The summed E-state index contributed by atoms with van der Waals surface area (Å²) in [6.07, 6.45) is 2.28. The molecule has 0 heterocycles. The van der Waals surface area contributed by atoms with E-state index in [1.165, 1.54) is 0 Å². The van der Waals surface area contributed by atoms with Gasteiger partial charge >= 0.3 is 5.97 Å². The molecule has 0 aromatic carbocycles. The third-order valence-electron chi connectivity index (χ3n) is 4.03. The van der Waals surface area contributed by atoms with Crippen molar-refractivity contribution in [3.63, 3.8) is 0 Å². The van der Waals surface area contributed by atoms with E-state index in [9.17, 15) is 15.0 Å². The van der Waals surface area contributed by atoms with Crippen LogP contribution in [0.1, 0.15) is 32.1 Å². The summed E-state index contributed by atoms with van der Waals surface area (Å²) in [5.74, 6) is -0.702. The molecule has 86 valence electrons. The third-order valence-corrected chi connectivity index (χ3v) is 4.03. The van der Waals surface area contributed by atoms with Crippen molar-refractivity contribution in [3.05, 3.63) is 0 Å². The minimum Gasteiger partial charge on any atom is -0.481 e. The second-order valence-corrected chi connectivity index (χ2v) is 4.91. The van der Waals surface area contributed by atoms with Gasteiger partial charge in [0, 0.05) is 0 Å². The van der Waals surface area contributed by atoms with Gasteiger partial charge in [-0.15, -0.1) is 0 Å². The fraction of sp³-hybridized carbons (Fsp3) is 0.909. The summed E-state index contributed by atoms with van der Waals surface area (Å²) >= 11 is 0. The number of fused-ring (bicyclic) bond motifs is 1. The van der Waals surface area contributed by atoms with Crippen LogP contribution in [0.5, 0.6) is 0 Å². The molecule has 0 aromatic rings. The van der Waals surface area contributed by atoms with Gasteiger partial charge in [0.05, 0.1) is 18.1 Å². The first-order valence-corrected chi connectivity index (χ1v) is 5.68. The average Bonchev–Trinajstić information content (AvgIpc) is 2.18. The monoisotopic (exact) mass is 214 g/mol. The molecule has 0 spiro atoms. The molecular weight excluding hydrogens is 196 g/mol. The van der Waals surface area contributed by atoms with Crippen LogP contribution >= 0.6 is 0 Å². The molecule has 3 N–H and O–H groups in total. The molecule has 2 saturated carbocycles. The van der Waals surface area contributed by atoms with Gasteiger partial charge in [0.1, 0.15) is 0 Å². The van der Waals surface area contributed by atoms with Crippen LogP contribution in [0, 0.1) is 17.8 Å². The predicted molar refractivity (Wildman–Crippen MR) is 53.2 cm³/mol. The maximum Gasteiger partial charge on any atom is 0.306 e. The molecule has 15 heavy (non-hydrogen) atoms. The van der Waals surface area contributed by atoms with Gasteiger partial charge in [-0.2, -0.15) is 0 Å². The van der Waals surface area contributed by atoms with Gasteiger partial charge < -0.3 is 15.3 Å². The van der Waals surface area contributed by atoms with E-state index in [0.29, 0.717) is 18.8 Å². The van der Waals surface area contributed by atoms with Gasteiger partial charge in [-0.25, -0.2) is 0 Å². The van der Waals surface area contributed by atoms with Gasteiger partial charge in [0.15, 0.2) is 0 Å². The number of aliphatic hydroxyl groups excluding tert-OH is 2. The van der Waals surface area contributed by atoms with Crippen molar-refractivity contribution >= 4 is 5.97 Å². The highest BCUT2D eigenvalue weighted by atomic mass is 16.4. The Morgan fingerprint density at radius 1 is 1.07 bits per heavy atom. The average molecular weight is 214 g/mol. The zero-order chi connectivity index (χ0) is 11.0. The predicted octanol–water partition coefficient (Wildman–Crippen LogP) is 0.619. The lowest BCUT2D eigenvalue weighted by atomic mass is 9.64. The molecule has 2 aliphatic rings. The molecule has 0 bridgehead atoms. The lowest BCUT2D eigenvalue weighted by molar-refractivity contribution is -0.150. The Bertz CT molecular complexity index is 253.